The second-order valence-corrected chi connectivity index (χ2v) is 11.3. The van der Waals surface area contributed by atoms with Gasteiger partial charge < -0.3 is 23.9 Å². The number of halogens is 3. The van der Waals surface area contributed by atoms with Crippen molar-refractivity contribution in [2.45, 2.75) is 31.8 Å². The zero-order valence-electron chi connectivity index (χ0n) is 24.0. The van der Waals surface area contributed by atoms with Crippen LogP contribution in [0.1, 0.15) is 40.0 Å². The number of carboxylic acid groups (broad SMARTS) is 1. The largest absolute Gasteiger partial charge is 0.478 e. The highest BCUT2D eigenvalue weighted by atomic mass is 19.1. The molecular formula is C35H24F3N3O5. The van der Waals surface area contributed by atoms with E-state index in [1.54, 1.807) is 53.2 Å². The number of nitrogens with zero attached hydrogens (tertiary/aromatic N) is 3. The lowest BCUT2D eigenvalue weighted by molar-refractivity contribution is -0.0589. The second kappa shape index (κ2) is 10.9. The summed E-state index contributed by atoms with van der Waals surface area (Å²) in [5.74, 6) is -2.29. The lowest BCUT2D eigenvalue weighted by atomic mass is 10.00. The smallest absolute Gasteiger partial charge is 0.335 e. The maximum Gasteiger partial charge on any atom is 0.335 e. The van der Waals surface area contributed by atoms with Gasteiger partial charge >= 0.3 is 5.97 Å². The Hall–Kier alpha value is -5.42. The fraction of sp³-hybridized carbons (Fsp3) is 0.171. The first-order chi connectivity index (χ1) is 22.3. The van der Waals surface area contributed by atoms with Gasteiger partial charge in [0.15, 0.2) is 11.5 Å². The predicted molar refractivity (Wildman–Crippen MR) is 161 cm³/mol. The van der Waals surface area contributed by atoms with Gasteiger partial charge in [0.05, 0.1) is 40.3 Å². The molecule has 2 atom stereocenters. The van der Waals surface area contributed by atoms with Crippen molar-refractivity contribution in [2.75, 3.05) is 6.61 Å². The Labute approximate surface area is 259 Å². The van der Waals surface area contributed by atoms with Crippen molar-refractivity contribution in [1.82, 2.24) is 14.5 Å². The van der Waals surface area contributed by atoms with E-state index in [0.29, 0.717) is 52.2 Å². The zero-order chi connectivity index (χ0) is 31.5. The number of fused-ring (bicyclic) bond motifs is 3. The molecule has 6 aromatic rings. The zero-order valence-corrected chi connectivity index (χ0v) is 24.0. The molecule has 230 valence electrons. The number of pyridine rings is 1. The SMILES string of the molecule is O=C(O)c1ccc2nc(Cc3c(F)cc(-c4cccc5c4OC(c4cc6cccnc6cc4F)O5)cc3F)n(C[C@@H]3CCO3)c2c1. The van der Waals surface area contributed by atoms with Gasteiger partial charge in [-0.05, 0) is 60.5 Å². The summed E-state index contributed by atoms with van der Waals surface area (Å²) in [6.07, 6.45) is 1.00. The first-order valence-corrected chi connectivity index (χ1v) is 14.7. The standard InChI is InChI=1S/C35H24F3N3O5/c36-25-12-20(22-4-1-5-31-33(22)46-35(45-31)24-11-18-3-2-9-39-29(18)16-27(24)38)13-26(37)23(25)15-32-40-28-7-6-19(34(42)43)14-30(28)41(32)17-21-8-10-44-21/h1-7,9,11-14,16,21,35H,8,10,15,17H2,(H,42,43)/t21-,35?/m0/s1. The van der Waals surface area contributed by atoms with Gasteiger partial charge in [0, 0.05) is 41.8 Å². The van der Waals surface area contributed by atoms with Crippen LogP contribution in [0.25, 0.3) is 33.1 Å². The van der Waals surface area contributed by atoms with Crippen LogP contribution in [0.2, 0.25) is 0 Å². The summed E-state index contributed by atoms with van der Waals surface area (Å²) >= 11 is 0. The molecule has 2 aliphatic rings. The Balaban J connectivity index is 1.12. The molecule has 8 nitrogen and oxygen atoms in total. The number of aromatic nitrogens is 3. The van der Waals surface area contributed by atoms with Crippen LogP contribution in [-0.2, 0) is 17.7 Å². The van der Waals surface area contributed by atoms with Crippen molar-refractivity contribution in [3.05, 3.63) is 119 Å². The van der Waals surface area contributed by atoms with E-state index in [9.17, 15) is 9.90 Å². The molecule has 0 spiro atoms. The van der Waals surface area contributed by atoms with Crippen molar-refractivity contribution < 1.29 is 37.3 Å². The number of benzene rings is 4. The normalized spacial score (nSPS) is 17.0. The maximum atomic E-state index is 15.8. The van der Waals surface area contributed by atoms with Crippen LogP contribution >= 0.6 is 0 Å². The molecule has 1 fully saturated rings. The quantitative estimate of drug-likeness (QED) is 0.201. The summed E-state index contributed by atoms with van der Waals surface area (Å²) < 4.78 is 65.9. The van der Waals surface area contributed by atoms with E-state index in [1.807, 2.05) is 0 Å². The molecule has 46 heavy (non-hydrogen) atoms. The van der Waals surface area contributed by atoms with E-state index >= 15 is 13.2 Å². The summed E-state index contributed by atoms with van der Waals surface area (Å²) in [6.45, 7) is 0.990. The predicted octanol–water partition coefficient (Wildman–Crippen LogP) is 7.22. The Morgan fingerprint density at radius 2 is 1.76 bits per heavy atom. The Morgan fingerprint density at radius 1 is 0.935 bits per heavy atom. The highest BCUT2D eigenvalue weighted by Crippen LogP contribution is 2.47. The van der Waals surface area contributed by atoms with E-state index in [-0.39, 0.29) is 40.5 Å². The lowest BCUT2D eigenvalue weighted by Gasteiger charge is -2.27. The molecule has 0 aliphatic carbocycles. The molecule has 2 aliphatic heterocycles. The first-order valence-electron chi connectivity index (χ1n) is 14.7. The van der Waals surface area contributed by atoms with Crippen molar-refractivity contribution in [2.24, 2.45) is 0 Å². The summed E-state index contributed by atoms with van der Waals surface area (Å²) in [5.41, 5.74) is 2.21. The van der Waals surface area contributed by atoms with Gasteiger partial charge in [-0.3, -0.25) is 4.98 Å². The fourth-order valence-corrected chi connectivity index (χ4v) is 5.99. The molecule has 0 radical (unpaired) electrons. The average Bonchev–Trinajstić information content (AvgIpc) is 3.61. The molecule has 0 amide bonds. The Morgan fingerprint density at radius 3 is 2.52 bits per heavy atom. The van der Waals surface area contributed by atoms with Crippen molar-refractivity contribution in [1.29, 1.82) is 0 Å². The number of ether oxygens (including phenoxy) is 3. The number of carbonyl (C=O) groups is 1. The first kappa shape index (κ1) is 28.1. The molecule has 4 aromatic carbocycles. The van der Waals surface area contributed by atoms with Crippen LogP contribution in [0.15, 0.2) is 79.0 Å². The van der Waals surface area contributed by atoms with Gasteiger partial charge in [0.25, 0.3) is 6.29 Å². The van der Waals surface area contributed by atoms with E-state index in [4.69, 9.17) is 14.2 Å². The summed E-state index contributed by atoms with van der Waals surface area (Å²) in [7, 11) is 0. The molecule has 2 aromatic heterocycles. The van der Waals surface area contributed by atoms with Crippen LogP contribution in [0.3, 0.4) is 0 Å². The topological polar surface area (TPSA) is 95.7 Å². The van der Waals surface area contributed by atoms with Crippen molar-refractivity contribution in [3.63, 3.8) is 0 Å². The second-order valence-electron chi connectivity index (χ2n) is 11.3. The molecule has 0 bridgehead atoms. The number of rotatable bonds is 7. The molecule has 8 rings (SSSR count). The third kappa shape index (κ3) is 4.80. The lowest BCUT2D eigenvalue weighted by Crippen LogP contribution is -2.31. The minimum Gasteiger partial charge on any atom is -0.478 e. The molecule has 4 heterocycles. The number of imidazole rings is 1. The maximum absolute atomic E-state index is 15.8. The number of para-hydroxylation sites is 1. The number of carboxylic acids is 1. The van der Waals surface area contributed by atoms with Crippen molar-refractivity contribution in [3.8, 4) is 22.6 Å². The summed E-state index contributed by atoms with van der Waals surface area (Å²) in [5, 5.41) is 10.2. The Bertz CT molecular complexity index is 2170. The van der Waals surface area contributed by atoms with Crippen LogP contribution in [0.5, 0.6) is 11.5 Å². The molecule has 1 saturated heterocycles. The highest BCUT2D eigenvalue weighted by molar-refractivity contribution is 5.92. The third-order valence-corrected chi connectivity index (χ3v) is 8.45. The van der Waals surface area contributed by atoms with Crippen molar-refractivity contribution >= 4 is 27.9 Å². The van der Waals surface area contributed by atoms with Gasteiger partial charge in [0.2, 0.25) is 0 Å². The number of hydrogen-bond donors (Lipinski definition) is 1. The van der Waals surface area contributed by atoms with Crippen LogP contribution in [0.4, 0.5) is 13.2 Å². The van der Waals surface area contributed by atoms with Gasteiger partial charge in [-0.1, -0.05) is 18.2 Å². The van der Waals surface area contributed by atoms with Gasteiger partial charge in [0.1, 0.15) is 23.3 Å². The number of aromatic carboxylic acids is 1. The molecule has 1 unspecified atom stereocenters. The van der Waals surface area contributed by atoms with Crippen LogP contribution in [-0.4, -0.2) is 38.3 Å². The fourth-order valence-electron chi connectivity index (χ4n) is 5.99. The van der Waals surface area contributed by atoms with Gasteiger partial charge in [-0.2, -0.15) is 0 Å². The number of hydrogen-bond acceptors (Lipinski definition) is 6. The summed E-state index contributed by atoms with van der Waals surface area (Å²) in [4.78, 5) is 20.4. The van der Waals surface area contributed by atoms with E-state index in [0.717, 1.165) is 6.42 Å². The van der Waals surface area contributed by atoms with Crippen LogP contribution < -0.4 is 9.47 Å². The minimum absolute atomic E-state index is 0.0839. The Kier molecular flexibility index (Phi) is 6.64. The van der Waals surface area contributed by atoms with Crippen LogP contribution in [0, 0.1) is 17.5 Å². The average molecular weight is 624 g/mol. The highest BCUT2D eigenvalue weighted by Gasteiger charge is 2.32. The summed E-state index contributed by atoms with van der Waals surface area (Å²) in [6, 6.07) is 18.4. The minimum atomic E-state index is -1.11. The molecule has 11 heteroatoms. The van der Waals surface area contributed by atoms with Gasteiger partial charge in [-0.25, -0.2) is 22.9 Å². The molecule has 1 N–H and O–H groups in total. The molecule has 0 saturated carbocycles. The van der Waals surface area contributed by atoms with Gasteiger partial charge in [-0.15, -0.1) is 0 Å². The van der Waals surface area contributed by atoms with E-state index < -0.39 is 29.7 Å². The molecular weight excluding hydrogens is 599 g/mol. The van der Waals surface area contributed by atoms with E-state index in [1.165, 1.54) is 30.3 Å². The monoisotopic (exact) mass is 623 g/mol. The van der Waals surface area contributed by atoms with E-state index in [2.05, 4.69) is 9.97 Å². The third-order valence-electron chi connectivity index (χ3n) is 8.45.